The second-order valence-electron chi connectivity index (χ2n) is 7.69. The molecule has 1 aromatic carbocycles. The Morgan fingerprint density at radius 2 is 2.28 bits per heavy atom. The minimum atomic E-state index is -0.644. The summed E-state index contributed by atoms with van der Waals surface area (Å²) >= 11 is 1.47. The molecule has 0 unspecified atom stereocenters. The molecule has 0 saturated carbocycles. The van der Waals surface area contributed by atoms with Crippen LogP contribution in [0.4, 0.5) is 10.1 Å². The van der Waals surface area contributed by atoms with Crippen molar-refractivity contribution in [2.24, 2.45) is 5.73 Å². The van der Waals surface area contributed by atoms with Gasteiger partial charge in [-0.05, 0) is 25.8 Å². The van der Waals surface area contributed by atoms with Crippen molar-refractivity contribution in [3.8, 4) is 0 Å². The minimum Gasteiger partial charge on any atom is -0.462 e. The number of fused-ring (bicyclic) bond motifs is 7. The van der Waals surface area contributed by atoms with Crippen molar-refractivity contribution in [1.29, 1.82) is 0 Å². The van der Waals surface area contributed by atoms with Crippen LogP contribution in [-0.2, 0) is 11.3 Å². The van der Waals surface area contributed by atoms with Crippen LogP contribution in [0.3, 0.4) is 0 Å². The zero-order valence-electron chi connectivity index (χ0n) is 16.1. The van der Waals surface area contributed by atoms with E-state index in [9.17, 15) is 9.59 Å². The predicted octanol–water partition coefficient (Wildman–Crippen LogP) is 2.75. The highest BCUT2D eigenvalue weighted by Gasteiger charge is 2.36. The number of nitrogens with two attached hydrogens (primary N) is 1. The molecule has 0 bridgehead atoms. The van der Waals surface area contributed by atoms with Crippen LogP contribution in [0.1, 0.15) is 35.7 Å². The molecule has 0 aliphatic carbocycles. The molecule has 0 radical (unpaired) electrons. The van der Waals surface area contributed by atoms with E-state index in [1.807, 2.05) is 21.6 Å². The highest BCUT2D eigenvalue weighted by molar-refractivity contribution is 7.99. The van der Waals surface area contributed by atoms with E-state index in [1.165, 1.54) is 17.8 Å². The van der Waals surface area contributed by atoms with Crippen LogP contribution >= 0.6 is 11.8 Å². The van der Waals surface area contributed by atoms with E-state index in [-0.39, 0.29) is 29.6 Å². The molecule has 6 nitrogen and oxygen atoms in total. The second kappa shape index (κ2) is 6.88. The molecule has 3 aliphatic heterocycles. The fourth-order valence-corrected chi connectivity index (χ4v) is 5.93. The van der Waals surface area contributed by atoms with Gasteiger partial charge >= 0.3 is 5.97 Å². The molecule has 5 rings (SSSR count). The maximum Gasteiger partial charge on any atom is 0.344 e. The number of aromatic nitrogens is 1. The van der Waals surface area contributed by atoms with Gasteiger partial charge in [0.05, 0.1) is 28.2 Å². The van der Waals surface area contributed by atoms with E-state index in [0.29, 0.717) is 34.9 Å². The SMILES string of the molecule is CCOC(=O)c1c2n(c3c4c(c(F)cc3c1=O)N1C[C@@H](N)C[C@H]1CC=C4)CCS2. The number of pyridine rings is 1. The quantitative estimate of drug-likeness (QED) is 0.760. The molecule has 1 aromatic heterocycles. The summed E-state index contributed by atoms with van der Waals surface area (Å²) in [6, 6.07) is 1.45. The molecule has 29 heavy (non-hydrogen) atoms. The molecule has 4 heterocycles. The van der Waals surface area contributed by atoms with E-state index >= 15 is 4.39 Å². The molecule has 8 heteroatoms. The van der Waals surface area contributed by atoms with Gasteiger partial charge in [-0.25, -0.2) is 9.18 Å². The van der Waals surface area contributed by atoms with Crippen LogP contribution in [0.2, 0.25) is 0 Å². The number of carbonyl (C=O) groups is 1. The second-order valence-corrected chi connectivity index (χ2v) is 8.77. The molecule has 2 atom stereocenters. The Hall–Kier alpha value is -2.32. The van der Waals surface area contributed by atoms with Gasteiger partial charge in [0.15, 0.2) is 0 Å². The normalized spacial score (nSPS) is 22.4. The summed E-state index contributed by atoms with van der Waals surface area (Å²) in [5.41, 5.74) is 7.62. The summed E-state index contributed by atoms with van der Waals surface area (Å²) in [7, 11) is 0. The van der Waals surface area contributed by atoms with Gasteiger partial charge in [-0.15, -0.1) is 11.8 Å². The van der Waals surface area contributed by atoms with Crippen molar-refractivity contribution in [1.82, 2.24) is 4.57 Å². The molecule has 1 saturated heterocycles. The highest BCUT2D eigenvalue weighted by atomic mass is 32.2. The number of benzene rings is 1. The first-order valence-electron chi connectivity index (χ1n) is 9.93. The predicted molar refractivity (Wildman–Crippen MR) is 112 cm³/mol. The smallest absolute Gasteiger partial charge is 0.344 e. The number of anilines is 1. The molecular weight excluding hydrogens is 393 g/mol. The Labute approximate surface area is 171 Å². The first-order valence-corrected chi connectivity index (χ1v) is 10.9. The van der Waals surface area contributed by atoms with E-state index in [2.05, 4.69) is 0 Å². The Morgan fingerprint density at radius 1 is 1.45 bits per heavy atom. The lowest BCUT2D eigenvalue weighted by Crippen LogP contribution is -2.31. The summed E-state index contributed by atoms with van der Waals surface area (Å²) in [4.78, 5) is 27.8. The third kappa shape index (κ3) is 2.73. The molecular formula is C21H22FN3O3S. The van der Waals surface area contributed by atoms with E-state index < -0.39 is 17.2 Å². The summed E-state index contributed by atoms with van der Waals surface area (Å²) in [6.45, 7) is 3.12. The van der Waals surface area contributed by atoms with Crippen molar-refractivity contribution in [2.45, 2.75) is 43.4 Å². The number of hydrogen-bond acceptors (Lipinski definition) is 6. The van der Waals surface area contributed by atoms with Gasteiger partial charge in [0.1, 0.15) is 11.4 Å². The minimum absolute atomic E-state index is 0.00429. The Bertz CT molecular complexity index is 1130. The monoisotopic (exact) mass is 415 g/mol. The van der Waals surface area contributed by atoms with Gasteiger partial charge in [0, 0.05) is 36.5 Å². The van der Waals surface area contributed by atoms with E-state index in [4.69, 9.17) is 10.5 Å². The average molecular weight is 415 g/mol. The van der Waals surface area contributed by atoms with Crippen molar-refractivity contribution >= 4 is 40.4 Å². The molecule has 2 aromatic rings. The van der Waals surface area contributed by atoms with Gasteiger partial charge in [-0.3, -0.25) is 4.79 Å². The zero-order valence-corrected chi connectivity index (χ0v) is 16.9. The summed E-state index contributed by atoms with van der Waals surface area (Å²) in [5, 5.41) is 0.837. The van der Waals surface area contributed by atoms with Gasteiger partial charge < -0.3 is 19.9 Å². The van der Waals surface area contributed by atoms with Crippen LogP contribution < -0.4 is 16.1 Å². The molecule has 1 fully saturated rings. The topological polar surface area (TPSA) is 77.6 Å². The number of esters is 1. The highest BCUT2D eigenvalue weighted by Crippen LogP contribution is 2.41. The molecule has 3 aliphatic rings. The third-order valence-electron chi connectivity index (χ3n) is 5.92. The van der Waals surface area contributed by atoms with E-state index in [0.717, 1.165) is 18.6 Å². The maximum atomic E-state index is 15.4. The van der Waals surface area contributed by atoms with Gasteiger partial charge in [0.2, 0.25) is 5.43 Å². The number of halogens is 1. The lowest BCUT2D eigenvalue weighted by atomic mass is 10.0. The number of aryl methyl sites for hydroxylation is 1. The van der Waals surface area contributed by atoms with Crippen molar-refractivity contribution in [3.05, 3.63) is 39.3 Å². The number of hydrogen-bond donors (Lipinski definition) is 1. The Morgan fingerprint density at radius 3 is 3.07 bits per heavy atom. The molecule has 0 amide bonds. The van der Waals surface area contributed by atoms with Crippen LogP contribution in [0.25, 0.3) is 17.0 Å². The number of ether oxygens (including phenoxy) is 1. The summed E-state index contributed by atoms with van der Waals surface area (Å²) in [6.07, 6.45) is 5.57. The third-order valence-corrected chi connectivity index (χ3v) is 7.01. The molecule has 2 N–H and O–H groups in total. The molecule has 152 valence electrons. The van der Waals surface area contributed by atoms with Crippen molar-refractivity contribution in [3.63, 3.8) is 0 Å². The van der Waals surface area contributed by atoms with Crippen molar-refractivity contribution in [2.75, 3.05) is 23.8 Å². The Kier molecular flexibility index (Phi) is 4.43. The van der Waals surface area contributed by atoms with Crippen LogP contribution in [0, 0.1) is 5.82 Å². The average Bonchev–Trinajstić information content (AvgIpc) is 3.24. The standard InChI is InChI=1S/C21H22FN3O3S/c1-2-28-21(27)16-19(26)14-9-15(22)18-13(17(14)24-6-7-29-20(16)24)5-3-4-12-8-11(23)10-25(12)18/h3,5,9,11-12H,2,4,6-8,10,23H2,1H3/t11-,12+/m0/s1. The maximum absolute atomic E-state index is 15.4. The number of nitrogens with zero attached hydrogens (tertiary/aromatic N) is 2. The Balaban J connectivity index is 1.85. The van der Waals surface area contributed by atoms with Gasteiger partial charge in [0.25, 0.3) is 0 Å². The summed E-state index contributed by atoms with van der Waals surface area (Å²) < 4.78 is 22.5. The van der Waals surface area contributed by atoms with E-state index in [1.54, 1.807) is 6.92 Å². The largest absolute Gasteiger partial charge is 0.462 e. The summed E-state index contributed by atoms with van der Waals surface area (Å²) in [5.74, 6) is -0.344. The van der Waals surface area contributed by atoms with Crippen LogP contribution in [-0.4, -0.2) is 41.5 Å². The first-order chi connectivity index (χ1) is 14.0. The number of thioether (sulfide) groups is 1. The number of carbonyl (C=O) groups excluding carboxylic acids is 1. The number of rotatable bonds is 2. The molecule has 0 spiro atoms. The van der Waals surface area contributed by atoms with Gasteiger partial charge in [-0.1, -0.05) is 12.2 Å². The van der Waals surface area contributed by atoms with Crippen LogP contribution in [0.15, 0.2) is 22.0 Å². The van der Waals surface area contributed by atoms with Crippen LogP contribution in [0.5, 0.6) is 0 Å². The fraction of sp³-hybridized carbons (Fsp3) is 0.429. The van der Waals surface area contributed by atoms with Gasteiger partial charge in [-0.2, -0.15) is 0 Å². The van der Waals surface area contributed by atoms with Crippen molar-refractivity contribution < 1.29 is 13.9 Å². The lowest BCUT2D eigenvalue weighted by Gasteiger charge is -2.27. The zero-order chi connectivity index (χ0) is 20.3. The lowest BCUT2D eigenvalue weighted by molar-refractivity contribution is 0.0519. The fourth-order valence-electron chi connectivity index (χ4n) is 4.80. The first kappa shape index (κ1) is 18.7.